The molecule has 0 aliphatic carbocycles. The van der Waals surface area contributed by atoms with Gasteiger partial charge in [-0.1, -0.05) is 37.3 Å². The number of methoxy groups -OCH3 is 1. The maximum Gasteiger partial charge on any atom is 0.266 e. The van der Waals surface area contributed by atoms with Crippen molar-refractivity contribution in [2.75, 3.05) is 38.2 Å². The van der Waals surface area contributed by atoms with Crippen LogP contribution in [0.1, 0.15) is 24.2 Å². The quantitative estimate of drug-likeness (QED) is 0.537. The van der Waals surface area contributed by atoms with Crippen molar-refractivity contribution in [3.63, 3.8) is 0 Å². The normalized spacial score (nSPS) is 11.2. The molecule has 0 fully saturated rings. The molecule has 1 amide bonds. The van der Waals surface area contributed by atoms with Gasteiger partial charge < -0.3 is 9.64 Å². The molecule has 0 atom stereocenters. The van der Waals surface area contributed by atoms with Gasteiger partial charge in [-0.15, -0.1) is 0 Å². The van der Waals surface area contributed by atoms with Gasteiger partial charge in [-0.05, 0) is 37.4 Å². The Morgan fingerprint density at radius 3 is 2.34 bits per heavy atom. The van der Waals surface area contributed by atoms with E-state index < -0.39 is 23.1 Å². The third-order valence-electron chi connectivity index (χ3n) is 4.78. The molecule has 0 bridgehead atoms. The molecule has 2 aromatic carbocycles. The second kappa shape index (κ2) is 9.28. The van der Waals surface area contributed by atoms with Gasteiger partial charge in [-0.2, -0.15) is 0 Å². The Labute approximate surface area is 172 Å². The number of likely N-dealkylation sites (N-methyl/N-ethyl adjacent to an activating group) is 1. The summed E-state index contributed by atoms with van der Waals surface area (Å²) in [5.41, 5.74) is 0.0444. The van der Waals surface area contributed by atoms with E-state index in [1.807, 2.05) is 26.0 Å². The van der Waals surface area contributed by atoms with Crippen LogP contribution in [0, 0.1) is 11.6 Å². The number of benzene rings is 2. The molecule has 1 aromatic heterocycles. The molecule has 1 heterocycles. The molecule has 3 aromatic rings. The van der Waals surface area contributed by atoms with Crippen molar-refractivity contribution in [3.05, 3.63) is 53.6 Å². The first-order valence-electron chi connectivity index (χ1n) is 9.41. The van der Waals surface area contributed by atoms with Gasteiger partial charge in [-0.25, -0.2) is 13.8 Å². The lowest BCUT2D eigenvalue weighted by molar-refractivity contribution is 0.0975. The minimum Gasteiger partial charge on any atom is -0.494 e. The number of carbonyl (C=O) groups excluding carboxylic acids is 1. The Kier molecular flexibility index (Phi) is 6.76. The van der Waals surface area contributed by atoms with Crippen LogP contribution in [0.5, 0.6) is 5.75 Å². The molecule has 0 N–H and O–H groups in total. The number of nitrogens with zero attached hydrogens (tertiary/aromatic N) is 3. The molecular weight excluding hydrogens is 396 g/mol. The average Bonchev–Trinajstić information content (AvgIpc) is 3.15. The van der Waals surface area contributed by atoms with Crippen LogP contribution < -0.4 is 9.64 Å². The lowest BCUT2D eigenvalue weighted by Gasteiger charge is -2.25. The fraction of sp³-hybridized carbons (Fsp3) is 0.333. The van der Waals surface area contributed by atoms with E-state index in [0.29, 0.717) is 22.9 Å². The second-order valence-electron chi connectivity index (χ2n) is 6.38. The SMILES string of the molecule is CCN(CC)CCN(C(=O)c1c(F)cccc1F)c1nc2c(OC)cccc2s1. The highest BCUT2D eigenvalue weighted by molar-refractivity contribution is 7.22. The van der Waals surface area contributed by atoms with Crippen LogP contribution in [-0.4, -0.2) is 49.1 Å². The van der Waals surface area contributed by atoms with E-state index in [1.54, 1.807) is 13.2 Å². The number of rotatable bonds is 8. The third-order valence-corrected chi connectivity index (χ3v) is 5.82. The molecule has 3 rings (SSSR count). The van der Waals surface area contributed by atoms with E-state index in [4.69, 9.17) is 4.74 Å². The van der Waals surface area contributed by atoms with E-state index in [-0.39, 0.29) is 6.54 Å². The summed E-state index contributed by atoms with van der Waals surface area (Å²) >= 11 is 1.29. The molecule has 8 heteroatoms. The van der Waals surface area contributed by atoms with Gasteiger partial charge in [0.25, 0.3) is 5.91 Å². The van der Waals surface area contributed by atoms with Crippen LogP contribution in [0.4, 0.5) is 13.9 Å². The molecule has 0 radical (unpaired) electrons. The zero-order chi connectivity index (χ0) is 21.0. The van der Waals surface area contributed by atoms with Crippen molar-refractivity contribution in [2.45, 2.75) is 13.8 Å². The van der Waals surface area contributed by atoms with Gasteiger partial charge in [0.1, 0.15) is 28.5 Å². The number of hydrogen-bond acceptors (Lipinski definition) is 5. The Hall–Kier alpha value is -2.58. The fourth-order valence-corrected chi connectivity index (χ4v) is 4.10. The number of hydrogen-bond donors (Lipinski definition) is 0. The number of thiazole rings is 1. The molecule has 0 saturated heterocycles. The summed E-state index contributed by atoms with van der Waals surface area (Å²) in [5.74, 6) is -1.94. The van der Waals surface area contributed by atoms with Gasteiger partial charge in [-0.3, -0.25) is 9.69 Å². The smallest absolute Gasteiger partial charge is 0.266 e. The summed E-state index contributed by atoms with van der Waals surface area (Å²) in [6.07, 6.45) is 0. The number of anilines is 1. The summed E-state index contributed by atoms with van der Waals surface area (Å²) in [4.78, 5) is 21.2. The summed E-state index contributed by atoms with van der Waals surface area (Å²) in [6, 6.07) is 8.90. The van der Waals surface area contributed by atoms with Crippen molar-refractivity contribution in [1.29, 1.82) is 0 Å². The molecule has 0 aliphatic heterocycles. The van der Waals surface area contributed by atoms with Crippen LogP contribution in [0.3, 0.4) is 0 Å². The Morgan fingerprint density at radius 1 is 1.07 bits per heavy atom. The molecule has 0 spiro atoms. The number of ether oxygens (including phenoxy) is 1. The van der Waals surface area contributed by atoms with E-state index in [0.717, 1.165) is 29.9 Å². The first kappa shape index (κ1) is 21.1. The van der Waals surface area contributed by atoms with E-state index >= 15 is 0 Å². The van der Waals surface area contributed by atoms with Crippen LogP contribution in [0.25, 0.3) is 10.2 Å². The summed E-state index contributed by atoms with van der Waals surface area (Å²) in [7, 11) is 1.55. The molecule has 5 nitrogen and oxygen atoms in total. The molecule has 154 valence electrons. The van der Waals surface area contributed by atoms with Crippen molar-refractivity contribution >= 4 is 32.6 Å². The molecule has 0 unspecified atom stereocenters. The van der Waals surface area contributed by atoms with E-state index in [2.05, 4.69) is 9.88 Å². The number of halogens is 2. The molecule has 29 heavy (non-hydrogen) atoms. The van der Waals surface area contributed by atoms with Crippen molar-refractivity contribution in [1.82, 2.24) is 9.88 Å². The van der Waals surface area contributed by atoms with Gasteiger partial charge in [0.05, 0.1) is 11.8 Å². The lowest BCUT2D eigenvalue weighted by Crippen LogP contribution is -2.39. The number of fused-ring (bicyclic) bond motifs is 1. The summed E-state index contributed by atoms with van der Waals surface area (Å²) in [6.45, 7) is 6.47. The van der Waals surface area contributed by atoms with Gasteiger partial charge in [0.2, 0.25) is 0 Å². The van der Waals surface area contributed by atoms with Crippen LogP contribution >= 0.6 is 11.3 Å². The first-order valence-corrected chi connectivity index (χ1v) is 10.2. The number of carbonyl (C=O) groups is 1. The van der Waals surface area contributed by atoms with Gasteiger partial charge in [0, 0.05) is 13.1 Å². The Morgan fingerprint density at radius 2 is 1.72 bits per heavy atom. The summed E-state index contributed by atoms with van der Waals surface area (Å²) < 4.78 is 34.8. The highest BCUT2D eigenvalue weighted by atomic mass is 32.1. The fourth-order valence-electron chi connectivity index (χ4n) is 3.09. The largest absolute Gasteiger partial charge is 0.494 e. The molecular formula is C21H23F2N3O2S. The van der Waals surface area contributed by atoms with Gasteiger partial charge >= 0.3 is 0 Å². The van der Waals surface area contributed by atoms with Crippen LogP contribution in [0.15, 0.2) is 36.4 Å². The lowest BCUT2D eigenvalue weighted by atomic mass is 10.1. The zero-order valence-corrected chi connectivity index (χ0v) is 17.4. The Bertz CT molecular complexity index is 985. The first-order chi connectivity index (χ1) is 14.0. The van der Waals surface area contributed by atoms with Crippen LogP contribution in [0.2, 0.25) is 0 Å². The van der Waals surface area contributed by atoms with E-state index in [9.17, 15) is 13.6 Å². The van der Waals surface area contributed by atoms with Gasteiger partial charge in [0.15, 0.2) is 5.13 Å². The van der Waals surface area contributed by atoms with E-state index in [1.165, 1.54) is 22.3 Å². The third kappa shape index (κ3) is 4.38. The topological polar surface area (TPSA) is 45.7 Å². The number of amides is 1. The number of para-hydroxylation sites is 1. The molecule has 0 saturated carbocycles. The highest BCUT2D eigenvalue weighted by Gasteiger charge is 2.27. The minimum atomic E-state index is -0.887. The standard InChI is InChI=1S/C21H23F2N3O2S/c1-4-25(5-2)12-13-26(20(27)18-14(22)8-6-9-15(18)23)21-24-19-16(28-3)10-7-11-17(19)29-21/h6-11H,4-5,12-13H2,1-3H3. The number of aromatic nitrogens is 1. The average molecular weight is 419 g/mol. The predicted molar refractivity (Wildman–Crippen MR) is 112 cm³/mol. The Balaban J connectivity index is 2.04. The second-order valence-corrected chi connectivity index (χ2v) is 7.39. The summed E-state index contributed by atoms with van der Waals surface area (Å²) in [5, 5.41) is 0.379. The maximum atomic E-state index is 14.3. The maximum absolute atomic E-state index is 14.3. The van der Waals surface area contributed by atoms with Crippen LogP contribution in [-0.2, 0) is 0 Å². The minimum absolute atomic E-state index is 0.260. The highest BCUT2D eigenvalue weighted by Crippen LogP contribution is 2.34. The monoisotopic (exact) mass is 419 g/mol. The zero-order valence-electron chi connectivity index (χ0n) is 16.6. The van der Waals surface area contributed by atoms with Crippen molar-refractivity contribution < 1.29 is 18.3 Å². The predicted octanol–water partition coefficient (Wildman–Crippen LogP) is 4.57. The van der Waals surface area contributed by atoms with Crippen molar-refractivity contribution in [2.24, 2.45) is 0 Å². The van der Waals surface area contributed by atoms with Crippen molar-refractivity contribution in [3.8, 4) is 5.75 Å². The molecule has 0 aliphatic rings.